The molecule has 1 aliphatic heterocycles. The molecule has 0 spiro atoms. The Bertz CT molecular complexity index is 2510. The summed E-state index contributed by atoms with van der Waals surface area (Å²) < 4.78 is 72.5. The number of para-hydroxylation sites is 2. The monoisotopic (exact) mass is 885 g/mol. The third-order valence-electron chi connectivity index (χ3n) is 9.31. The molecule has 1 aliphatic rings. The molecule has 0 bridgehead atoms. The average Bonchev–Trinajstić information content (AvgIpc) is 3.89. The zero-order chi connectivity index (χ0) is 43.5. The third kappa shape index (κ3) is 11.7. The lowest BCUT2D eigenvalue weighted by Crippen LogP contribution is -2.36. The molecule has 62 heavy (non-hydrogen) atoms. The van der Waals surface area contributed by atoms with Gasteiger partial charge in [-0.1, -0.05) is 97.1 Å². The van der Waals surface area contributed by atoms with Gasteiger partial charge >= 0.3 is 27.4 Å². The van der Waals surface area contributed by atoms with Crippen molar-refractivity contribution >= 4 is 44.4 Å². The summed E-state index contributed by atoms with van der Waals surface area (Å²) in [5.41, 5.74) is 8.17. The maximum atomic E-state index is 14.9. The molecule has 0 saturated carbocycles. The van der Waals surface area contributed by atoms with Gasteiger partial charge in [0.25, 0.3) is 0 Å². The van der Waals surface area contributed by atoms with Crippen LogP contribution in [0, 0.1) is 0 Å². The number of nitrogen functional groups attached to an aromatic ring is 1. The lowest BCUT2D eigenvalue weighted by atomic mass is 10.2. The van der Waals surface area contributed by atoms with Gasteiger partial charge < -0.3 is 29.0 Å². The molecule has 4 aromatic carbocycles. The number of aromatic nitrogens is 4. The molecule has 0 aliphatic carbocycles. The number of hydrogen-bond donors (Lipinski definition) is 3. The van der Waals surface area contributed by atoms with Gasteiger partial charge in [0.15, 0.2) is 17.7 Å². The number of nitrogens with one attached hydrogen (secondary N) is 2. The van der Waals surface area contributed by atoms with Crippen LogP contribution in [0.2, 0.25) is 0 Å². The molecule has 3 unspecified atom stereocenters. The molecule has 1 fully saturated rings. The fourth-order valence-electron chi connectivity index (χ4n) is 6.27. The summed E-state index contributed by atoms with van der Waals surface area (Å²) in [6.45, 7) is 2.53. The number of nitrogens with zero attached hydrogens (tertiary/aromatic N) is 4. The van der Waals surface area contributed by atoms with Gasteiger partial charge in [0, 0.05) is 6.42 Å². The SMILES string of the molecule is C[C@H](NP(=O)(OC[C@@H]1C[C@H](OP(=O)(N[C@@H](C)C(=O)OCc2ccccc2)Oc2ccccc2)C(n2cnc3c(N)ncnc32)O1)Oc1ccccc1)C(=O)OCc1ccccc1. The number of carbonyl (C=O) groups excluding carboxylic acids is 2. The van der Waals surface area contributed by atoms with Crippen LogP contribution in [0.1, 0.15) is 37.6 Å². The molecule has 18 nitrogen and oxygen atoms in total. The van der Waals surface area contributed by atoms with Gasteiger partial charge in [-0.15, -0.1) is 0 Å². The second-order valence-corrected chi connectivity index (χ2v) is 17.4. The predicted octanol–water partition coefficient (Wildman–Crippen LogP) is 6.92. The summed E-state index contributed by atoms with van der Waals surface area (Å²) in [5.74, 6) is -0.935. The molecule has 0 radical (unpaired) electrons. The number of benzene rings is 4. The van der Waals surface area contributed by atoms with E-state index in [0.29, 0.717) is 0 Å². The van der Waals surface area contributed by atoms with Crippen molar-refractivity contribution in [1.29, 1.82) is 0 Å². The minimum atomic E-state index is -4.49. The number of fused-ring (bicyclic) bond motifs is 1. The van der Waals surface area contributed by atoms with Gasteiger partial charge in [-0.25, -0.2) is 24.1 Å². The molecule has 1 saturated heterocycles. The van der Waals surface area contributed by atoms with Crippen molar-refractivity contribution in [2.75, 3.05) is 12.3 Å². The first kappa shape index (κ1) is 44.1. The molecular formula is C42H45N7O11P2. The van der Waals surface area contributed by atoms with E-state index in [1.807, 2.05) is 48.5 Å². The Morgan fingerprint density at radius 2 is 1.24 bits per heavy atom. The van der Waals surface area contributed by atoms with E-state index >= 15 is 0 Å². The van der Waals surface area contributed by atoms with Crippen LogP contribution in [0.5, 0.6) is 11.5 Å². The van der Waals surface area contributed by atoms with Crippen LogP contribution >= 0.6 is 15.5 Å². The minimum absolute atomic E-state index is 0.00502. The fourth-order valence-corrected chi connectivity index (χ4v) is 9.48. The maximum absolute atomic E-state index is 14.9. The Balaban J connectivity index is 1.12. The zero-order valence-electron chi connectivity index (χ0n) is 33.7. The van der Waals surface area contributed by atoms with Crippen LogP contribution in [0.4, 0.5) is 5.82 Å². The number of carbonyl (C=O) groups is 2. The van der Waals surface area contributed by atoms with E-state index in [4.69, 9.17) is 38.0 Å². The molecule has 4 N–H and O–H groups in total. The van der Waals surface area contributed by atoms with Crippen LogP contribution in [0.25, 0.3) is 11.2 Å². The average molecular weight is 886 g/mol. The second kappa shape index (κ2) is 20.3. The lowest BCUT2D eigenvalue weighted by molar-refractivity contribution is -0.147. The summed E-state index contributed by atoms with van der Waals surface area (Å²) >= 11 is 0. The van der Waals surface area contributed by atoms with E-state index in [-0.39, 0.29) is 54.7 Å². The summed E-state index contributed by atoms with van der Waals surface area (Å²) in [5, 5.41) is 5.42. The first-order chi connectivity index (χ1) is 30.0. The lowest BCUT2D eigenvalue weighted by Gasteiger charge is -2.27. The van der Waals surface area contributed by atoms with E-state index in [2.05, 4.69) is 25.1 Å². The quantitative estimate of drug-likeness (QED) is 0.0522. The van der Waals surface area contributed by atoms with Crippen molar-refractivity contribution < 1.29 is 51.0 Å². The highest BCUT2D eigenvalue weighted by atomic mass is 31.2. The largest absolute Gasteiger partial charge is 0.460 e. The van der Waals surface area contributed by atoms with Crippen molar-refractivity contribution in [3.05, 3.63) is 145 Å². The van der Waals surface area contributed by atoms with Crippen molar-refractivity contribution in [3.63, 3.8) is 0 Å². The number of imidazole rings is 1. The first-order valence-corrected chi connectivity index (χ1v) is 22.6. The Labute approximate surface area is 357 Å². The molecule has 324 valence electrons. The minimum Gasteiger partial charge on any atom is -0.460 e. The van der Waals surface area contributed by atoms with Gasteiger partial charge in [0.1, 0.15) is 54.7 Å². The number of rotatable bonds is 20. The van der Waals surface area contributed by atoms with E-state index in [1.165, 1.54) is 31.1 Å². The Hall–Kier alpha value is -5.97. The van der Waals surface area contributed by atoms with E-state index in [9.17, 15) is 18.7 Å². The molecule has 20 heteroatoms. The number of hydrogen-bond acceptors (Lipinski definition) is 15. The first-order valence-electron chi connectivity index (χ1n) is 19.5. The van der Waals surface area contributed by atoms with Crippen molar-refractivity contribution in [3.8, 4) is 11.5 Å². The number of esters is 2. The molecular weight excluding hydrogens is 840 g/mol. The standard InChI is InChI=1S/C42H45N7O11P2/c1-29(41(50)54-24-31-15-7-3-8-16-31)47-61(52,58-33-19-11-5-12-20-33)56-26-35-23-36(40(57-35)49-28-46-37-38(43)44-27-45-39(37)49)60-62(53,59-34-21-13-6-14-22-34)48-30(2)42(51)55-25-32-17-9-4-10-18-32/h3-22,27-30,35-36,40H,23-26H2,1-2H3,(H,47,52)(H,48,53)(H2,43,44,45)/t29-,30-,35-,36-,40?,61?,62?/m0/s1. The van der Waals surface area contributed by atoms with Gasteiger partial charge in [0.2, 0.25) is 0 Å². The van der Waals surface area contributed by atoms with E-state index in [1.54, 1.807) is 72.8 Å². The highest BCUT2D eigenvalue weighted by molar-refractivity contribution is 7.52. The molecule has 7 atom stereocenters. The van der Waals surface area contributed by atoms with Crippen LogP contribution < -0.4 is 25.0 Å². The molecule has 2 aromatic heterocycles. The molecule has 7 rings (SSSR count). The Kier molecular flexibility index (Phi) is 14.4. The van der Waals surface area contributed by atoms with Crippen LogP contribution in [-0.2, 0) is 55.2 Å². The van der Waals surface area contributed by atoms with Crippen molar-refractivity contribution in [2.45, 2.75) is 64.0 Å². The highest BCUT2D eigenvalue weighted by Gasteiger charge is 2.46. The molecule has 0 amide bonds. The van der Waals surface area contributed by atoms with Crippen LogP contribution in [-0.4, -0.2) is 62.4 Å². The maximum Gasteiger partial charge on any atom is 0.459 e. The topological polar surface area (TPSA) is 227 Å². The predicted molar refractivity (Wildman–Crippen MR) is 226 cm³/mol. The molecule has 6 aromatic rings. The summed E-state index contributed by atoms with van der Waals surface area (Å²) in [6.07, 6.45) is -0.540. The van der Waals surface area contributed by atoms with Gasteiger partial charge in [-0.05, 0) is 49.2 Å². The smallest absolute Gasteiger partial charge is 0.459 e. The number of anilines is 1. The summed E-state index contributed by atoms with van der Waals surface area (Å²) in [7, 11) is -8.86. The second-order valence-electron chi connectivity index (χ2n) is 14.1. The van der Waals surface area contributed by atoms with Crippen LogP contribution in [0.15, 0.2) is 134 Å². The Morgan fingerprint density at radius 1 is 0.742 bits per heavy atom. The highest BCUT2D eigenvalue weighted by Crippen LogP contribution is 2.51. The van der Waals surface area contributed by atoms with Gasteiger partial charge in [-0.2, -0.15) is 10.2 Å². The zero-order valence-corrected chi connectivity index (χ0v) is 35.5. The fraction of sp³-hybridized carbons (Fsp3) is 0.262. The molecule has 3 heterocycles. The van der Waals surface area contributed by atoms with Gasteiger partial charge in [0.05, 0.1) is 19.0 Å². The number of nitrogens with two attached hydrogens (primary N) is 1. The van der Waals surface area contributed by atoms with E-state index in [0.717, 1.165) is 11.1 Å². The van der Waals surface area contributed by atoms with Crippen LogP contribution in [0.3, 0.4) is 0 Å². The van der Waals surface area contributed by atoms with Crippen molar-refractivity contribution in [2.24, 2.45) is 0 Å². The Morgan fingerprint density at radius 3 is 1.79 bits per heavy atom. The summed E-state index contributed by atoms with van der Waals surface area (Å²) in [4.78, 5) is 39.0. The van der Waals surface area contributed by atoms with Gasteiger partial charge in [-0.3, -0.25) is 23.2 Å². The normalized spacial score (nSPS) is 19.1. The van der Waals surface area contributed by atoms with Crippen molar-refractivity contribution in [1.82, 2.24) is 29.7 Å². The van der Waals surface area contributed by atoms with E-state index < -0.39 is 58.0 Å². The third-order valence-corrected chi connectivity index (χ3v) is 12.7. The summed E-state index contributed by atoms with van der Waals surface area (Å²) in [6, 6.07) is 32.4. The number of ether oxygens (including phenoxy) is 3.